The van der Waals surface area contributed by atoms with Gasteiger partial charge in [0.1, 0.15) is 17.1 Å². The van der Waals surface area contributed by atoms with Gasteiger partial charge in [-0.1, -0.05) is 0 Å². The van der Waals surface area contributed by atoms with E-state index in [0.717, 1.165) is 6.07 Å². The molecule has 2 aromatic carbocycles. The molecule has 0 saturated heterocycles. The van der Waals surface area contributed by atoms with Gasteiger partial charge in [0, 0.05) is 16.8 Å². The lowest BCUT2D eigenvalue weighted by Gasteiger charge is -2.08. The molecule has 0 amide bonds. The van der Waals surface area contributed by atoms with E-state index in [-0.39, 0.29) is 27.7 Å². The Kier molecular flexibility index (Phi) is 2.79. The zero-order valence-electron chi connectivity index (χ0n) is 10.9. The van der Waals surface area contributed by atoms with E-state index in [9.17, 15) is 19.8 Å². The van der Waals surface area contributed by atoms with Crippen LogP contribution in [0.5, 0.6) is 11.5 Å². The number of phenols is 1. The van der Waals surface area contributed by atoms with Crippen LogP contribution >= 0.6 is 0 Å². The topological polar surface area (TPSA) is 97.0 Å². The molecule has 0 saturated carbocycles. The number of rotatable bonds is 2. The fraction of sp³-hybridized carbons (Fsp3) is 0.0667. The van der Waals surface area contributed by atoms with Gasteiger partial charge in [-0.05, 0) is 24.3 Å². The molecule has 0 aliphatic carbocycles. The smallest absolute Gasteiger partial charge is 0.344 e. The minimum atomic E-state index is -1.22. The minimum absolute atomic E-state index is 0.0232. The minimum Gasteiger partial charge on any atom is -0.508 e. The average Bonchev–Trinajstić information content (AvgIpc) is 2.45. The van der Waals surface area contributed by atoms with E-state index in [2.05, 4.69) is 0 Å². The highest BCUT2D eigenvalue weighted by molar-refractivity contribution is 6.14. The summed E-state index contributed by atoms with van der Waals surface area (Å²) >= 11 is 0. The zero-order valence-corrected chi connectivity index (χ0v) is 10.9. The lowest BCUT2D eigenvalue weighted by atomic mass is 10.0. The van der Waals surface area contributed by atoms with Crippen LogP contribution in [0.1, 0.15) is 10.4 Å². The molecule has 3 aromatic rings. The van der Waals surface area contributed by atoms with Gasteiger partial charge in [0.25, 0.3) is 0 Å². The first kappa shape index (κ1) is 13.0. The van der Waals surface area contributed by atoms with Crippen LogP contribution in [0, 0.1) is 0 Å². The third-order valence-electron chi connectivity index (χ3n) is 3.24. The molecule has 0 spiro atoms. The van der Waals surface area contributed by atoms with Gasteiger partial charge in [-0.25, -0.2) is 9.59 Å². The highest BCUT2D eigenvalue weighted by Gasteiger charge is 2.17. The quantitative estimate of drug-likeness (QED) is 0.554. The SMILES string of the molecule is COc1ccc2c(c1)c(=O)oc1cc(O)cc(C(=O)O)c12. The molecule has 0 radical (unpaired) electrons. The van der Waals surface area contributed by atoms with Crippen LogP contribution in [-0.2, 0) is 0 Å². The Balaban J connectivity index is 2.58. The number of ether oxygens (including phenoxy) is 1. The van der Waals surface area contributed by atoms with Crippen molar-refractivity contribution in [1.82, 2.24) is 0 Å². The number of carboxylic acids is 1. The number of hydrogen-bond donors (Lipinski definition) is 2. The second kappa shape index (κ2) is 4.52. The van der Waals surface area contributed by atoms with E-state index in [1.54, 1.807) is 12.1 Å². The summed E-state index contributed by atoms with van der Waals surface area (Å²) in [6, 6.07) is 7.04. The second-order valence-electron chi connectivity index (χ2n) is 4.47. The Hall–Kier alpha value is -3.02. The molecule has 0 aliphatic heterocycles. The maximum absolute atomic E-state index is 12.0. The van der Waals surface area contributed by atoms with Gasteiger partial charge < -0.3 is 19.4 Å². The summed E-state index contributed by atoms with van der Waals surface area (Å²) in [6.07, 6.45) is 0. The largest absolute Gasteiger partial charge is 0.508 e. The third-order valence-corrected chi connectivity index (χ3v) is 3.24. The average molecular weight is 286 g/mol. The second-order valence-corrected chi connectivity index (χ2v) is 4.47. The van der Waals surface area contributed by atoms with Crippen LogP contribution in [-0.4, -0.2) is 23.3 Å². The van der Waals surface area contributed by atoms with E-state index in [0.29, 0.717) is 11.1 Å². The highest BCUT2D eigenvalue weighted by atomic mass is 16.5. The van der Waals surface area contributed by atoms with Crippen molar-refractivity contribution in [2.45, 2.75) is 0 Å². The molecule has 21 heavy (non-hydrogen) atoms. The number of carbonyl (C=O) groups is 1. The molecule has 0 aliphatic rings. The van der Waals surface area contributed by atoms with E-state index >= 15 is 0 Å². The van der Waals surface area contributed by atoms with Crippen molar-refractivity contribution < 1.29 is 24.2 Å². The molecule has 0 atom stereocenters. The summed E-state index contributed by atoms with van der Waals surface area (Å²) in [6.45, 7) is 0. The normalized spacial score (nSPS) is 10.9. The molecule has 106 valence electrons. The van der Waals surface area contributed by atoms with E-state index in [1.807, 2.05) is 0 Å². The van der Waals surface area contributed by atoms with E-state index < -0.39 is 11.6 Å². The highest BCUT2D eigenvalue weighted by Crippen LogP contribution is 2.31. The Morgan fingerprint density at radius 2 is 1.95 bits per heavy atom. The lowest BCUT2D eigenvalue weighted by Crippen LogP contribution is -2.04. The number of methoxy groups -OCH3 is 1. The number of aromatic hydroxyl groups is 1. The molecule has 1 heterocycles. The van der Waals surface area contributed by atoms with E-state index in [4.69, 9.17) is 9.15 Å². The maximum Gasteiger partial charge on any atom is 0.344 e. The predicted molar refractivity (Wildman–Crippen MR) is 75.2 cm³/mol. The van der Waals surface area contributed by atoms with Gasteiger partial charge in [-0.3, -0.25) is 0 Å². The van der Waals surface area contributed by atoms with Gasteiger partial charge in [0.2, 0.25) is 0 Å². The fourth-order valence-electron chi connectivity index (χ4n) is 2.32. The first-order chi connectivity index (χ1) is 10.0. The van der Waals surface area contributed by atoms with Gasteiger partial charge in [-0.15, -0.1) is 0 Å². The fourth-order valence-corrected chi connectivity index (χ4v) is 2.32. The number of hydrogen-bond acceptors (Lipinski definition) is 5. The number of benzene rings is 2. The Labute approximate surface area is 117 Å². The predicted octanol–water partition coefficient (Wildman–Crippen LogP) is 2.36. The first-order valence-electron chi connectivity index (χ1n) is 6.02. The molecule has 6 nitrogen and oxygen atoms in total. The van der Waals surface area contributed by atoms with Crippen molar-refractivity contribution in [2.24, 2.45) is 0 Å². The van der Waals surface area contributed by atoms with Crippen LogP contribution < -0.4 is 10.4 Å². The van der Waals surface area contributed by atoms with Crippen molar-refractivity contribution in [2.75, 3.05) is 7.11 Å². The summed E-state index contributed by atoms with van der Waals surface area (Å²) < 4.78 is 10.2. The van der Waals surface area contributed by atoms with Gasteiger partial charge >= 0.3 is 11.6 Å². The Morgan fingerprint density at radius 1 is 1.19 bits per heavy atom. The molecule has 0 fully saturated rings. The standard InChI is InChI=1S/C15H10O6/c1-20-8-2-3-9-10(6-8)15(19)21-12-5-7(16)4-11(13(9)12)14(17)18/h2-6,16H,1H3,(H,17,18). The molecule has 2 N–H and O–H groups in total. The van der Waals surface area contributed by atoms with Gasteiger partial charge in [0.15, 0.2) is 0 Å². The van der Waals surface area contributed by atoms with Crippen LogP contribution in [0.3, 0.4) is 0 Å². The number of carboxylic acid groups (broad SMARTS) is 1. The number of phenolic OH excluding ortho intramolecular Hbond substituents is 1. The Morgan fingerprint density at radius 3 is 2.62 bits per heavy atom. The number of aromatic carboxylic acids is 1. The third kappa shape index (κ3) is 1.97. The lowest BCUT2D eigenvalue weighted by molar-refractivity contribution is 0.0698. The summed E-state index contributed by atoms with van der Waals surface area (Å²) in [4.78, 5) is 23.4. The molecule has 0 unspecified atom stereocenters. The molecule has 6 heteroatoms. The molecule has 3 rings (SSSR count). The summed E-state index contributed by atoms with van der Waals surface area (Å²) in [5.41, 5.74) is -0.739. The van der Waals surface area contributed by atoms with Gasteiger partial charge in [0.05, 0.1) is 18.1 Å². The zero-order chi connectivity index (χ0) is 15.1. The van der Waals surface area contributed by atoms with Crippen LogP contribution in [0.15, 0.2) is 39.5 Å². The van der Waals surface area contributed by atoms with Crippen molar-refractivity contribution in [1.29, 1.82) is 0 Å². The number of fused-ring (bicyclic) bond motifs is 3. The van der Waals surface area contributed by atoms with Crippen molar-refractivity contribution in [3.8, 4) is 11.5 Å². The van der Waals surface area contributed by atoms with Crippen LogP contribution in [0.25, 0.3) is 21.7 Å². The van der Waals surface area contributed by atoms with E-state index in [1.165, 1.54) is 19.2 Å². The van der Waals surface area contributed by atoms with Crippen LogP contribution in [0.4, 0.5) is 0 Å². The summed E-state index contributed by atoms with van der Waals surface area (Å²) in [5.74, 6) is -1.04. The Bertz CT molecular complexity index is 938. The van der Waals surface area contributed by atoms with Crippen molar-refractivity contribution >= 4 is 27.7 Å². The molecular formula is C15H10O6. The first-order valence-corrected chi connectivity index (χ1v) is 6.02. The maximum atomic E-state index is 12.0. The van der Waals surface area contributed by atoms with Crippen LogP contribution in [0.2, 0.25) is 0 Å². The monoisotopic (exact) mass is 286 g/mol. The van der Waals surface area contributed by atoms with Crippen molar-refractivity contribution in [3.05, 3.63) is 46.3 Å². The summed E-state index contributed by atoms with van der Waals surface area (Å²) in [7, 11) is 1.46. The molecular weight excluding hydrogens is 276 g/mol. The molecule has 1 aromatic heterocycles. The van der Waals surface area contributed by atoms with Crippen molar-refractivity contribution in [3.63, 3.8) is 0 Å². The van der Waals surface area contributed by atoms with Gasteiger partial charge in [-0.2, -0.15) is 0 Å². The summed E-state index contributed by atoms with van der Waals surface area (Å²) in [5, 5.41) is 19.8. The molecule has 0 bridgehead atoms.